The van der Waals surface area contributed by atoms with E-state index in [4.69, 9.17) is 10.5 Å². The Kier molecular flexibility index (Phi) is 5.00. The monoisotopic (exact) mass is 286 g/mol. The van der Waals surface area contributed by atoms with Crippen LogP contribution in [-0.4, -0.2) is 31.2 Å². The van der Waals surface area contributed by atoms with Crippen LogP contribution in [0.1, 0.15) is 41.3 Å². The normalized spacial score (nSPS) is 21.3. The minimum Gasteiger partial charge on any atom is -0.379 e. The Bertz CT molecular complexity index is 578. The lowest BCUT2D eigenvalue weighted by molar-refractivity contribution is 0.0272. The van der Waals surface area contributed by atoms with Gasteiger partial charge in [-0.3, -0.25) is 4.79 Å². The first-order chi connectivity index (χ1) is 10.0. The number of carbonyl (C=O) groups is 1. The molecule has 21 heavy (non-hydrogen) atoms. The Hall–Kier alpha value is -1.83. The summed E-state index contributed by atoms with van der Waals surface area (Å²) in [6, 6.07) is 5.62. The zero-order valence-electron chi connectivity index (χ0n) is 12.7. The van der Waals surface area contributed by atoms with Crippen molar-refractivity contribution >= 4 is 5.91 Å². The molecule has 1 amide bonds. The largest absolute Gasteiger partial charge is 0.379 e. The Morgan fingerprint density at radius 3 is 2.95 bits per heavy atom. The number of carbonyl (C=O) groups excluding carboxylic acids is 1. The van der Waals surface area contributed by atoms with Gasteiger partial charge in [-0.1, -0.05) is 11.8 Å². The maximum atomic E-state index is 12.5. The number of benzene rings is 1. The molecule has 0 bridgehead atoms. The van der Waals surface area contributed by atoms with Gasteiger partial charge >= 0.3 is 0 Å². The van der Waals surface area contributed by atoms with E-state index < -0.39 is 0 Å². The summed E-state index contributed by atoms with van der Waals surface area (Å²) in [6.07, 6.45) is 1.90. The van der Waals surface area contributed by atoms with Gasteiger partial charge in [-0.15, -0.1) is 0 Å². The summed E-state index contributed by atoms with van der Waals surface area (Å²) in [5.41, 5.74) is 7.55. The van der Waals surface area contributed by atoms with Gasteiger partial charge in [-0.25, -0.2) is 0 Å². The predicted octanol–water partition coefficient (Wildman–Crippen LogP) is 1.60. The molecular weight excluding hydrogens is 264 g/mol. The van der Waals surface area contributed by atoms with Crippen molar-refractivity contribution in [3.63, 3.8) is 0 Å². The molecule has 1 saturated heterocycles. The third-order valence-corrected chi connectivity index (χ3v) is 3.53. The Morgan fingerprint density at radius 1 is 1.48 bits per heavy atom. The van der Waals surface area contributed by atoms with Crippen LogP contribution in [0.4, 0.5) is 0 Å². The molecule has 1 heterocycles. The number of rotatable bonds is 2. The molecule has 112 valence electrons. The first-order valence-corrected chi connectivity index (χ1v) is 7.23. The third-order valence-electron chi connectivity index (χ3n) is 3.53. The van der Waals surface area contributed by atoms with Gasteiger partial charge in [0.25, 0.3) is 5.91 Å². The lowest BCUT2D eigenvalue weighted by Crippen LogP contribution is -2.51. The molecule has 1 atom stereocenters. The SMILES string of the molecule is Cc1cc(C#CCN)cc(C(=O)NC2(C)CCCOC2)c1. The highest BCUT2D eigenvalue weighted by Crippen LogP contribution is 2.19. The van der Waals surface area contributed by atoms with Crippen molar-refractivity contribution in [1.29, 1.82) is 0 Å². The van der Waals surface area contributed by atoms with Gasteiger partial charge in [0.05, 0.1) is 18.7 Å². The second kappa shape index (κ2) is 6.75. The number of ether oxygens (including phenoxy) is 1. The lowest BCUT2D eigenvalue weighted by Gasteiger charge is -2.34. The molecule has 1 unspecified atom stereocenters. The van der Waals surface area contributed by atoms with E-state index in [-0.39, 0.29) is 11.4 Å². The van der Waals surface area contributed by atoms with E-state index in [1.165, 1.54) is 0 Å². The van der Waals surface area contributed by atoms with Gasteiger partial charge < -0.3 is 15.8 Å². The highest BCUT2D eigenvalue weighted by molar-refractivity contribution is 5.95. The molecule has 1 aromatic rings. The van der Waals surface area contributed by atoms with Crippen LogP contribution in [0.2, 0.25) is 0 Å². The maximum Gasteiger partial charge on any atom is 0.251 e. The molecule has 0 aliphatic carbocycles. The molecule has 0 aromatic heterocycles. The number of nitrogens with one attached hydrogen (secondary N) is 1. The number of hydrogen-bond donors (Lipinski definition) is 2. The van der Waals surface area contributed by atoms with Crippen molar-refractivity contribution in [1.82, 2.24) is 5.32 Å². The summed E-state index contributed by atoms with van der Waals surface area (Å²) in [5, 5.41) is 3.09. The van der Waals surface area contributed by atoms with E-state index in [1.54, 1.807) is 6.07 Å². The molecule has 2 rings (SSSR count). The van der Waals surface area contributed by atoms with Crippen molar-refractivity contribution in [2.75, 3.05) is 19.8 Å². The molecule has 1 fully saturated rings. The molecule has 0 saturated carbocycles. The van der Waals surface area contributed by atoms with E-state index in [1.807, 2.05) is 26.0 Å². The molecular formula is C17H22N2O2. The molecule has 4 heteroatoms. The summed E-state index contributed by atoms with van der Waals surface area (Å²) < 4.78 is 5.47. The van der Waals surface area contributed by atoms with Crippen LogP contribution >= 0.6 is 0 Å². The van der Waals surface area contributed by atoms with E-state index in [0.717, 1.165) is 30.6 Å². The minimum atomic E-state index is -0.290. The molecule has 4 nitrogen and oxygen atoms in total. The van der Waals surface area contributed by atoms with Gasteiger partial charge in [-0.05, 0) is 50.5 Å². The van der Waals surface area contributed by atoms with Crippen LogP contribution in [0.25, 0.3) is 0 Å². The molecule has 0 spiro atoms. The van der Waals surface area contributed by atoms with Crippen LogP contribution < -0.4 is 11.1 Å². The highest BCUT2D eigenvalue weighted by Gasteiger charge is 2.29. The lowest BCUT2D eigenvalue weighted by atomic mass is 9.94. The number of aryl methyl sites for hydroxylation is 1. The van der Waals surface area contributed by atoms with Gasteiger partial charge in [0.2, 0.25) is 0 Å². The van der Waals surface area contributed by atoms with Crippen molar-refractivity contribution < 1.29 is 9.53 Å². The minimum absolute atomic E-state index is 0.0810. The standard InChI is InChI=1S/C17H22N2O2/c1-13-9-14(5-3-7-18)11-15(10-13)16(20)19-17(2)6-4-8-21-12-17/h9-11H,4,6-8,12,18H2,1-2H3,(H,19,20). The quantitative estimate of drug-likeness (QED) is 0.812. The zero-order chi connectivity index (χ0) is 15.3. The van der Waals surface area contributed by atoms with Crippen molar-refractivity contribution in [2.45, 2.75) is 32.2 Å². The van der Waals surface area contributed by atoms with Gasteiger partial charge in [0.15, 0.2) is 0 Å². The second-order valence-electron chi connectivity index (χ2n) is 5.76. The highest BCUT2D eigenvalue weighted by atomic mass is 16.5. The zero-order valence-corrected chi connectivity index (χ0v) is 12.7. The summed E-state index contributed by atoms with van der Waals surface area (Å²) in [7, 11) is 0. The number of nitrogens with two attached hydrogens (primary N) is 1. The average molecular weight is 286 g/mol. The smallest absolute Gasteiger partial charge is 0.251 e. The molecule has 3 N–H and O–H groups in total. The predicted molar refractivity (Wildman–Crippen MR) is 83.0 cm³/mol. The van der Waals surface area contributed by atoms with Crippen molar-refractivity contribution in [3.8, 4) is 11.8 Å². The van der Waals surface area contributed by atoms with Crippen molar-refractivity contribution in [2.24, 2.45) is 5.73 Å². The fraction of sp³-hybridized carbons (Fsp3) is 0.471. The maximum absolute atomic E-state index is 12.5. The van der Waals surface area contributed by atoms with Crippen molar-refractivity contribution in [3.05, 3.63) is 34.9 Å². The first-order valence-electron chi connectivity index (χ1n) is 7.23. The summed E-state index contributed by atoms with van der Waals surface area (Å²) in [5.74, 6) is 5.71. The fourth-order valence-corrected chi connectivity index (χ4v) is 2.52. The second-order valence-corrected chi connectivity index (χ2v) is 5.76. The molecule has 1 aliphatic rings. The molecule has 0 radical (unpaired) electrons. The first kappa shape index (κ1) is 15.6. The number of amides is 1. The molecule has 1 aromatic carbocycles. The van der Waals surface area contributed by atoms with Crippen LogP contribution in [-0.2, 0) is 4.74 Å². The summed E-state index contributed by atoms with van der Waals surface area (Å²) in [4.78, 5) is 12.5. The fourth-order valence-electron chi connectivity index (χ4n) is 2.52. The summed E-state index contributed by atoms with van der Waals surface area (Å²) >= 11 is 0. The Morgan fingerprint density at radius 2 is 2.29 bits per heavy atom. The van der Waals surface area contributed by atoms with E-state index in [2.05, 4.69) is 17.2 Å². The van der Waals surface area contributed by atoms with Crippen LogP contribution in [0.5, 0.6) is 0 Å². The summed E-state index contributed by atoms with van der Waals surface area (Å²) in [6.45, 7) is 5.62. The van der Waals surface area contributed by atoms with Crippen LogP contribution in [0.15, 0.2) is 18.2 Å². The van der Waals surface area contributed by atoms with Crippen LogP contribution in [0.3, 0.4) is 0 Å². The Labute approximate surface area is 126 Å². The number of hydrogen-bond acceptors (Lipinski definition) is 3. The van der Waals surface area contributed by atoms with Gasteiger partial charge in [0.1, 0.15) is 0 Å². The van der Waals surface area contributed by atoms with E-state index in [9.17, 15) is 4.79 Å². The van der Waals surface area contributed by atoms with Gasteiger partial charge in [-0.2, -0.15) is 0 Å². The molecule has 1 aliphatic heterocycles. The van der Waals surface area contributed by atoms with E-state index in [0.29, 0.717) is 18.7 Å². The third kappa shape index (κ3) is 4.32. The van der Waals surface area contributed by atoms with Gasteiger partial charge in [0, 0.05) is 17.7 Å². The average Bonchev–Trinajstić information content (AvgIpc) is 2.45. The van der Waals surface area contributed by atoms with E-state index >= 15 is 0 Å². The topological polar surface area (TPSA) is 64.4 Å². The Balaban J connectivity index is 2.16. The van der Waals surface area contributed by atoms with Crippen LogP contribution in [0, 0.1) is 18.8 Å².